The Balaban J connectivity index is 1.83. The minimum Gasteiger partial charge on any atom is -0.381 e. The summed E-state index contributed by atoms with van der Waals surface area (Å²) in [6.45, 7) is 4.33. The van der Waals surface area contributed by atoms with Crippen LogP contribution in [0.25, 0.3) is 0 Å². The van der Waals surface area contributed by atoms with E-state index in [0.29, 0.717) is 36.3 Å². The normalized spacial score (nSPS) is 10.4. The molecule has 8 nitrogen and oxygen atoms in total. The van der Waals surface area contributed by atoms with Crippen molar-refractivity contribution in [1.82, 2.24) is 15.5 Å². The third-order valence-electron chi connectivity index (χ3n) is 3.91. The number of nitrogens with one attached hydrogen (secondary N) is 3. The molecule has 136 valence electrons. The van der Waals surface area contributed by atoms with E-state index >= 15 is 0 Å². The molecule has 1 aromatic heterocycles. The number of nitrogens with zero attached hydrogens (tertiary/aromatic N) is 2. The number of benzene rings is 1. The summed E-state index contributed by atoms with van der Waals surface area (Å²) in [6.07, 6.45) is 1.03. The Bertz CT molecular complexity index is 834. The smallest absolute Gasteiger partial charge is 0.313 e. The van der Waals surface area contributed by atoms with Crippen molar-refractivity contribution >= 4 is 23.3 Å². The van der Waals surface area contributed by atoms with Crippen LogP contribution < -0.4 is 16.4 Å². The maximum absolute atomic E-state index is 12.1. The molecule has 0 bridgehead atoms. The quantitative estimate of drug-likeness (QED) is 0.462. The van der Waals surface area contributed by atoms with E-state index in [-0.39, 0.29) is 11.7 Å². The molecule has 2 amide bonds. The fourth-order valence-electron chi connectivity index (χ4n) is 2.54. The number of nitrogen functional groups attached to an aromatic ring is 1. The number of aryl methyl sites for hydroxylation is 1. The van der Waals surface area contributed by atoms with Gasteiger partial charge in [0.05, 0.1) is 5.69 Å². The molecule has 1 aromatic carbocycles. The number of rotatable bonds is 6. The van der Waals surface area contributed by atoms with Crippen molar-refractivity contribution in [1.29, 1.82) is 5.26 Å². The minimum absolute atomic E-state index is 0.162. The molecule has 1 heterocycles. The van der Waals surface area contributed by atoms with Gasteiger partial charge in [-0.05, 0) is 30.4 Å². The lowest BCUT2D eigenvalue weighted by Crippen LogP contribution is -2.36. The zero-order valence-corrected chi connectivity index (χ0v) is 14.8. The lowest BCUT2D eigenvalue weighted by atomic mass is 10.0. The summed E-state index contributed by atoms with van der Waals surface area (Å²) in [5.41, 5.74) is 8.10. The summed E-state index contributed by atoms with van der Waals surface area (Å²) >= 11 is 0. The first-order valence-corrected chi connectivity index (χ1v) is 8.35. The van der Waals surface area contributed by atoms with Gasteiger partial charge in [-0.15, -0.1) is 0 Å². The van der Waals surface area contributed by atoms with Crippen LogP contribution in [-0.2, 0) is 16.0 Å². The molecule has 5 N–H and O–H groups in total. The van der Waals surface area contributed by atoms with Crippen molar-refractivity contribution in [3.05, 3.63) is 41.1 Å². The van der Waals surface area contributed by atoms with Crippen molar-refractivity contribution < 1.29 is 9.59 Å². The molecule has 8 heteroatoms. The standard InChI is InChI=1S/C18H22N6O2/c1-11(2)12-6-3-4-7-14(12)22-18(26)17(25)21-9-5-8-15-13(10-19)16(20)24-23-15/h3-4,6-7,11H,5,8-9H2,1-2H3,(H,21,25)(H,22,26)(H3,20,23,24). The number of H-pyrrole nitrogens is 1. The van der Waals surface area contributed by atoms with Crippen LogP contribution in [0.5, 0.6) is 0 Å². The molecule has 2 aromatic rings. The van der Waals surface area contributed by atoms with Crippen molar-refractivity contribution in [2.75, 3.05) is 17.6 Å². The predicted molar refractivity (Wildman–Crippen MR) is 98.2 cm³/mol. The molecular weight excluding hydrogens is 332 g/mol. The van der Waals surface area contributed by atoms with Crippen LogP contribution in [0.2, 0.25) is 0 Å². The van der Waals surface area contributed by atoms with Gasteiger partial charge in [0.15, 0.2) is 5.82 Å². The first kappa shape index (κ1) is 19.0. The third-order valence-corrected chi connectivity index (χ3v) is 3.91. The number of nitriles is 1. The Morgan fingerprint density at radius 2 is 2.04 bits per heavy atom. The van der Waals surface area contributed by atoms with Gasteiger partial charge in [-0.1, -0.05) is 32.0 Å². The van der Waals surface area contributed by atoms with E-state index in [1.165, 1.54) is 0 Å². The number of amides is 2. The van der Waals surface area contributed by atoms with E-state index in [4.69, 9.17) is 11.0 Å². The molecule has 0 aliphatic carbocycles. The first-order valence-electron chi connectivity index (χ1n) is 8.35. The highest BCUT2D eigenvalue weighted by atomic mass is 16.2. The number of para-hydroxylation sites is 1. The second kappa shape index (κ2) is 8.67. The highest BCUT2D eigenvalue weighted by molar-refractivity contribution is 6.39. The largest absolute Gasteiger partial charge is 0.381 e. The van der Waals surface area contributed by atoms with E-state index in [1.54, 1.807) is 6.07 Å². The van der Waals surface area contributed by atoms with Crippen LogP contribution in [0.1, 0.15) is 43.0 Å². The zero-order valence-electron chi connectivity index (χ0n) is 14.8. The summed E-state index contributed by atoms with van der Waals surface area (Å²) < 4.78 is 0. The monoisotopic (exact) mass is 354 g/mol. The fraction of sp³-hybridized carbons (Fsp3) is 0.333. The molecule has 0 aliphatic heterocycles. The van der Waals surface area contributed by atoms with Gasteiger partial charge in [0.2, 0.25) is 0 Å². The predicted octanol–water partition coefficient (Wildman–Crippen LogP) is 1.67. The molecular formula is C18H22N6O2. The Hall–Kier alpha value is -3.34. The van der Waals surface area contributed by atoms with E-state index in [0.717, 1.165) is 5.56 Å². The molecule has 0 unspecified atom stereocenters. The molecule has 0 fully saturated rings. The number of aromatic nitrogens is 2. The molecule has 0 atom stereocenters. The SMILES string of the molecule is CC(C)c1ccccc1NC(=O)C(=O)NCCCc1[nH]nc(N)c1C#N. The number of hydrogen-bond acceptors (Lipinski definition) is 5. The Labute approximate surface area is 151 Å². The average molecular weight is 354 g/mol. The number of hydrogen-bond donors (Lipinski definition) is 4. The van der Waals surface area contributed by atoms with E-state index in [2.05, 4.69) is 20.8 Å². The zero-order chi connectivity index (χ0) is 19.1. The van der Waals surface area contributed by atoms with E-state index < -0.39 is 11.8 Å². The highest BCUT2D eigenvalue weighted by Crippen LogP contribution is 2.23. The number of carbonyl (C=O) groups is 2. The minimum atomic E-state index is -0.707. The summed E-state index contributed by atoms with van der Waals surface area (Å²) in [5.74, 6) is -1.02. The van der Waals surface area contributed by atoms with E-state index in [9.17, 15) is 9.59 Å². The van der Waals surface area contributed by atoms with Gasteiger partial charge >= 0.3 is 11.8 Å². The highest BCUT2D eigenvalue weighted by Gasteiger charge is 2.16. The molecule has 0 radical (unpaired) electrons. The van der Waals surface area contributed by atoms with Crippen LogP contribution in [0.4, 0.5) is 11.5 Å². The molecule has 26 heavy (non-hydrogen) atoms. The summed E-state index contributed by atoms with van der Waals surface area (Å²) in [6, 6.07) is 9.37. The van der Waals surface area contributed by atoms with Gasteiger partial charge in [0.25, 0.3) is 0 Å². The maximum atomic E-state index is 12.1. The molecule has 2 rings (SSSR count). The van der Waals surface area contributed by atoms with E-state index in [1.807, 2.05) is 38.1 Å². The van der Waals surface area contributed by atoms with Crippen LogP contribution in [0.15, 0.2) is 24.3 Å². The van der Waals surface area contributed by atoms with Gasteiger partial charge < -0.3 is 16.4 Å². The maximum Gasteiger partial charge on any atom is 0.313 e. The fourth-order valence-corrected chi connectivity index (χ4v) is 2.54. The molecule has 0 aliphatic rings. The van der Waals surface area contributed by atoms with Crippen LogP contribution in [0.3, 0.4) is 0 Å². The van der Waals surface area contributed by atoms with Crippen molar-refractivity contribution in [3.8, 4) is 6.07 Å². The average Bonchev–Trinajstić information content (AvgIpc) is 2.98. The summed E-state index contributed by atoms with van der Waals surface area (Å²) in [4.78, 5) is 24.0. The van der Waals surface area contributed by atoms with Crippen molar-refractivity contribution in [2.45, 2.75) is 32.6 Å². The van der Waals surface area contributed by atoms with Gasteiger partial charge in [0, 0.05) is 12.2 Å². The lowest BCUT2D eigenvalue weighted by molar-refractivity contribution is -0.136. The number of nitrogens with two attached hydrogens (primary N) is 1. The van der Waals surface area contributed by atoms with Crippen molar-refractivity contribution in [3.63, 3.8) is 0 Å². The topological polar surface area (TPSA) is 137 Å². The van der Waals surface area contributed by atoms with Crippen molar-refractivity contribution in [2.24, 2.45) is 0 Å². The summed E-state index contributed by atoms with van der Waals surface area (Å²) in [7, 11) is 0. The third kappa shape index (κ3) is 4.60. The van der Waals surface area contributed by atoms with Gasteiger partial charge in [0.1, 0.15) is 11.6 Å². The van der Waals surface area contributed by atoms with Gasteiger partial charge in [-0.25, -0.2) is 0 Å². The number of aromatic amines is 1. The Morgan fingerprint density at radius 1 is 1.31 bits per heavy atom. The number of carbonyl (C=O) groups excluding carboxylic acids is 2. The van der Waals surface area contributed by atoms with Gasteiger partial charge in [-0.2, -0.15) is 10.4 Å². The van der Waals surface area contributed by atoms with Crippen LogP contribution in [0, 0.1) is 11.3 Å². The molecule has 0 saturated carbocycles. The molecule has 0 spiro atoms. The lowest BCUT2D eigenvalue weighted by Gasteiger charge is -2.13. The second-order valence-electron chi connectivity index (χ2n) is 6.13. The molecule has 0 saturated heterocycles. The van der Waals surface area contributed by atoms with Crippen LogP contribution >= 0.6 is 0 Å². The Kier molecular flexibility index (Phi) is 6.33. The number of anilines is 2. The summed E-state index contributed by atoms with van der Waals surface area (Å²) in [5, 5.41) is 20.7. The first-order chi connectivity index (χ1) is 12.4. The van der Waals surface area contributed by atoms with Gasteiger partial charge in [-0.3, -0.25) is 14.7 Å². The Morgan fingerprint density at radius 3 is 2.73 bits per heavy atom. The van der Waals surface area contributed by atoms with Crippen LogP contribution in [-0.4, -0.2) is 28.6 Å². The second-order valence-corrected chi connectivity index (χ2v) is 6.13.